The zero-order valence-corrected chi connectivity index (χ0v) is 8.52. The molecule has 0 rings (SSSR count). The molecule has 0 aromatic rings. The van der Waals surface area contributed by atoms with Crippen LogP contribution >= 0.6 is 0 Å². The molecule has 0 radical (unpaired) electrons. The molecular weight excluding hydrogens is 169 g/mol. The number of halogens is 3. The normalized spacial score (nSPS) is 13.6. The fourth-order valence-corrected chi connectivity index (χ4v) is 4.58. The standard InChI is InChI=1S/C7H15F3Si/c1-5(2)11(6(3)4)7(8,9)10/h5-6,11H,1-4H3. The Balaban J connectivity index is 4.35. The number of hydrogen-bond donors (Lipinski definition) is 0. The van der Waals surface area contributed by atoms with E-state index in [0.29, 0.717) is 0 Å². The molecule has 0 aliphatic rings. The van der Waals surface area contributed by atoms with E-state index in [1.165, 1.54) is 0 Å². The van der Waals surface area contributed by atoms with Gasteiger partial charge >= 0.3 is 5.80 Å². The van der Waals surface area contributed by atoms with Crippen LogP contribution in [0.1, 0.15) is 27.7 Å². The first kappa shape index (κ1) is 11.0. The Labute approximate surface area is 67.4 Å². The van der Waals surface area contributed by atoms with Crippen molar-refractivity contribution in [3.63, 3.8) is 0 Å². The van der Waals surface area contributed by atoms with Crippen LogP contribution in [0.25, 0.3) is 0 Å². The zero-order chi connectivity index (χ0) is 9.23. The highest BCUT2D eigenvalue weighted by Gasteiger charge is 2.44. The minimum atomic E-state index is -3.90. The minimum Gasteiger partial charge on any atom is -0.177 e. The summed E-state index contributed by atoms with van der Waals surface area (Å²) in [6.45, 7) is 6.68. The average molecular weight is 184 g/mol. The van der Waals surface area contributed by atoms with Crippen molar-refractivity contribution in [1.29, 1.82) is 0 Å². The molecule has 0 N–H and O–H groups in total. The quantitative estimate of drug-likeness (QED) is 0.578. The summed E-state index contributed by atoms with van der Waals surface area (Å²) in [5, 5.41) is 0. The Bertz CT molecular complexity index is 109. The molecule has 4 heteroatoms. The van der Waals surface area contributed by atoms with Crippen molar-refractivity contribution in [3.8, 4) is 0 Å². The average Bonchev–Trinajstić information content (AvgIpc) is 1.54. The van der Waals surface area contributed by atoms with E-state index in [9.17, 15) is 13.2 Å². The Morgan fingerprint density at radius 1 is 0.909 bits per heavy atom. The molecule has 0 amide bonds. The Hall–Kier alpha value is 0.00688. The van der Waals surface area contributed by atoms with E-state index in [1.807, 2.05) is 0 Å². The van der Waals surface area contributed by atoms with Gasteiger partial charge in [0.2, 0.25) is 0 Å². The summed E-state index contributed by atoms with van der Waals surface area (Å²) >= 11 is 0. The first-order chi connectivity index (χ1) is 4.76. The lowest BCUT2D eigenvalue weighted by atomic mass is 10.5. The molecule has 0 aliphatic heterocycles. The van der Waals surface area contributed by atoms with Gasteiger partial charge in [-0.25, -0.2) is 0 Å². The maximum absolute atomic E-state index is 12.3. The van der Waals surface area contributed by atoms with Crippen LogP contribution in [-0.4, -0.2) is 14.6 Å². The number of alkyl halides is 3. The van der Waals surface area contributed by atoms with Gasteiger partial charge in [-0.05, 0) is 11.1 Å². The van der Waals surface area contributed by atoms with Gasteiger partial charge in [0, 0.05) is 0 Å². The zero-order valence-electron chi connectivity index (χ0n) is 7.37. The van der Waals surface area contributed by atoms with Gasteiger partial charge in [-0.15, -0.1) is 0 Å². The molecular formula is C7H15F3Si. The highest BCUT2D eigenvalue weighted by atomic mass is 28.3. The van der Waals surface area contributed by atoms with E-state index in [4.69, 9.17) is 0 Å². The van der Waals surface area contributed by atoms with Crippen molar-refractivity contribution in [3.05, 3.63) is 0 Å². The van der Waals surface area contributed by atoms with Crippen molar-refractivity contribution < 1.29 is 13.2 Å². The van der Waals surface area contributed by atoms with Crippen molar-refractivity contribution in [2.75, 3.05) is 0 Å². The third-order valence-electron chi connectivity index (χ3n) is 1.81. The van der Waals surface area contributed by atoms with E-state index in [1.54, 1.807) is 27.7 Å². The third kappa shape index (κ3) is 3.27. The number of hydrogen-bond acceptors (Lipinski definition) is 0. The van der Waals surface area contributed by atoms with Gasteiger partial charge in [0.1, 0.15) is 0 Å². The van der Waals surface area contributed by atoms with Crippen LogP contribution in [0.5, 0.6) is 0 Å². The van der Waals surface area contributed by atoms with E-state index in [0.717, 1.165) is 0 Å². The topological polar surface area (TPSA) is 0 Å². The van der Waals surface area contributed by atoms with Gasteiger partial charge in [0.05, 0.1) is 0 Å². The second kappa shape index (κ2) is 3.60. The second-order valence-electron chi connectivity index (χ2n) is 3.56. The summed E-state index contributed by atoms with van der Waals surface area (Å²) in [7, 11) is -2.57. The molecule has 0 unspecified atom stereocenters. The summed E-state index contributed by atoms with van der Waals surface area (Å²) in [5.41, 5.74) is -0.370. The predicted molar refractivity (Wildman–Crippen MR) is 43.4 cm³/mol. The molecule has 0 nitrogen and oxygen atoms in total. The van der Waals surface area contributed by atoms with Crippen LogP contribution in [0.3, 0.4) is 0 Å². The molecule has 0 atom stereocenters. The Morgan fingerprint density at radius 2 is 1.18 bits per heavy atom. The van der Waals surface area contributed by atoms with Crippen LogP contribution in [0.15, 0.2) is 0 Å². The third-order valence-corrected chi connectivity index (χ3v) is 5.44. The summed E-state index contributed by atoms with van der Waals surface area (Å²) < 4.78 is 36.8. The summed E-state index contributed by atoms with van der Waals surface area (Å²) in [6, 6.07) is 0. The van der Waals surface area contributed by atoms with Crippen LogP contribution in [0.2, 0.25) is 11.1 Å². The molecule has 0 fully saturated rings. The van der Waals surface area contributed by atoms with Crippen LogP contribution in [0, 0.1) is 0 Å². The molecule has 0 aromatic carbocycles. The molecule has 0 spiro atoms. The predicted octanol–water partition coefficient (Wildman–Crippen LogP) is 3.14. The molecule has 0 bridgehead atoms. The largest absolute Gasteiger partial charge is 0.358 e. The molecule has 11 heavy (non-hydrogen) atoms. The minimum absolute atomic E-state index is 0.185. The summed E-state index contributed by atoms with van der Waals surface area (Å²) in [4.78, 5) is 0. The lowest BCUT2D eigenvalue weighted by Crippen LogP contribution is -2.38. The van der Waals surface area contributed by atoms with Crippen LogP contribution in [-0.2, 0) is 0 Å². The van der Waals surface area contributed by atoms with Crippen molar-refractivity contribution in [1.82, 2.24) is 0 Å². The lowest BCUT2D eigenvalue weighted by Gasteiger charge is -2.25. The first-order valence-electron chi connectivity index (χ1n) is 3.83. The summed E-state index contributed by atoms with van der Waals surface area (Å²) in [5.74, 6) is -3.90. The number of rotatable bonds is 2. The Kier molecular flexibility index (Phi) is 3.61. The fourth-order valence-electron chi connectivity index (χ4n) is 1.53. The molecule has 0 saturated carbocycles. The summed E-state index contributed by atoms with van der Waals surface area (Å²) in [6.07, 6.45) is 0. The lowest BCUT2D eigenvalue weighted by molar-refractivity contribution is -0.0540. The fraction of sp³-hybridized carbons (Fsp3) is 1.00. The molecule has 0 aromatic heterocycles. The van der Waals surface area contributed by atoms with Gasteiger partial charge < -0.3 is 0 Å². The van der Waals surface area contributed by atoms with E-state index in [-0.39, 0.29) is 11.1 Å². The van der Waals surface area contributed by atoms with Gasteiger partial charge in [-0.2, -0.15) is 13.2 Å². The van der Waals surface area contributed by atoms with Crippen LogP contribution in [0.4, 0.5) is 13.2 Å². The van der Waals surface area contributed by atoms with E-state index in [2.05, 4.69) is 0 Å². The highest BCUT2D eigenvalue weighted by molar-refractivity contribution is 6.63. The molecule has 0 heterocycles. The van der Waals surface area contributed by atoms with E-state index >= 15 is 0 Å². The smallest absolute Gasteiger partial charge is 0.177 e. The second-order valence-corrected chi connectivity index (χ2v) is 7.93. The van der Waals surface area contributed by atoms with Gasteiger partial charge in [0.25, 0.3) is 0 Å². The van der Waals surface area contributed by atoms with Gasteiger partial charge in [-0.1, -0.05) is 27.7 Å². The molecule has 68 valence electrons. The SMILES string of the molecule is CC(C)[SiH](C(C)C)C(F)(F)F. The first-order valence-corrected chi connectivity index (χ1v) is 5.74. The monoisotopic (exact) mass is 184 g/mol. The molecule has 0 aliphatic carbocycles. The maximum atomic E-state index is 12.3. The van der Waals surface area contributed by atoms with Crippen molar-refractivity contribution in [2.24, 2.45) is 0 Å². The van der Waals surface area contributed by atoms with Crippen molar-refractivity contribution >= 4 is 8.80 Å². The van der Waals surface area contributed by atoms with Gasteiger partial charge in [0.15, 0.2) is 8.80 Å². The van der Waals surface area contributed by atoms with Crippen molar-refractivity contribution in [2.45, 2.75) is 44.6 Å². The van der Waals surface area contributed by atoms with Crippen LogP contribution < -0.4 is 0 Å². The van der Waals surface area contributed by atoms with Gasteiger partial charge in [-0.3, -0.25) is 0 Å². The maximum Gasteiger partial charge on any atom is 0.358 e. The highest BCUT2D eigenvalue weighted by Crippen LogP contribution is 2.33. The van der Waals surface area contributed by atoms with E-state index < -0.39 is 14.6 Å². The molecule has 0 saturated heterocycles. The Morgan fingerprint density at radius 3 is 1.18 bits per heavy atom.